The maximum atomic E-state index is 4.26. The third-order valence-electron chi connectivity index (χ3n) is 4.59. The molecular weight excluding hydrogens is 258 g/mol. The monoisotopic (exact) mass is 283 g/mol. The van der Waals surface area contributed by atoms with Gasteiger partial charge in [0.1, 0.15) is 0 Å². The van der Waals surface area contributed by atoms with Crippen LogP contribution in [0.15, 0.2) is 30.5 Å². The third-order valence-corrected chi connectivity index (χ3v) is 4.59. The molecule has 3 heteroatoms. The lowest BCUT2D eigenvalue weighted by molar-refractivity contribution is 0.506. The van der Waals surface area contributed by atoms with Crippen LogP contribution in [0.4, 0.5) is 0 Å². The minimum atomic E-state index is 0.441. The van der Waals surface area contributed by atoms with E-state index in [-0.39, 0.29) is 0 Å². The average Bonchev–Trinajstić information content (AvgIpc) is 3.11. The van der Waals surface area contributed by atoms with Crippen molar-refractivity contribution in [2.24, 2.45) is 7.05 Å². The SMILES string of the molecule is CCNC(CCc1ccnn1C)c1ccc2c(c1)CCC2. The van der Waals surface area contributed by atoms with Gasteiger partial charge in [-0.05, 0) is 61.4 Å². The van der Waals surface area contributed by atoms with Gasteiger partial charge in [-0.1, -0.05) is 25.1 Å². The summed E-state index contributed by atoms with van der Waals surface area (Å²) in [6.07, 6.45) is 7.89. The molecule has 1 unspecified atom stereocenters. The highest BCUT2D eigenvalue weighted by atomic mass is 15.2. The van der Waals surface area contributed by atoms with E-state index in [1.807, 2.05) is 17.9 Å². The summed E-state index contributed by atoms with van der Waals surface area (Å²) >= 11 is 0. The Kier molecular flexibility index (Phi) is 4.39. The fourth-order valence-corrected chi connectivity index (χ4v) is 3.38. The number of rotatable bonds is 6. The van der Waals surface area contributed by atoms with Crippen LogP contribution in [-0.2, 0) is 26.3 Å². The summed E-state index contributed by atoms with van der Waals surface area (Å²) in [6.45, 7) is 3.19. The zero-order valence-electron chi connectivity index (χ0n) is 13.1. The molecule has 3 nitrogen and oxygen atoms in total. The smallest absolute Gasteiger partial charge is 0.0492 e. The molecule has 1 aromatic carbocycles. The maximum Gasteiger partial charge on any atom is 0.0492 e. The fourth-order valence-electron chi connectivity index (χ4n) is 3.38. The second-order valence-electron chi connectivity index (χ2n) is 5.98. The van der Waals surface area contributed by atoms with Crippen LogP contribution in [0.1, 0.15) is 48.2 Å². The molecule has 0 spiro atoms. The number of benzene rings is 1. The zero-order chi connectivity index (χ0) is 14.7. The first-order chi connectivity index (χ1) is 10.3. The zero-order valence-corrected chi connectivity index (χ0v) is 13.1. The Bertz CT molecular complexity index is 600. The molecule has 0 fully saturated rings. The van der Waals surface area contributed by atoms with Crippen LogP contribution in [0.5, 0.6) is 0 Å². The highest BCUT2D eigenvalue weighted by Crippen LogP contribution is 2.27. The number of aromatic nitrogens is 2. The summed E-state index contributed by atoms with van der Waals surface area (Å²) in [7, 11) is 2.02. The van der Waals surface area contributed by atoms with Gasteiger partial charge in [0, 0.05) is 25.0 Å². The summed E-state index contributed by atoms with van der Waals surface area (Å²) in [5.41, 5.74) is 5.87. The minimum Gasteiger partial charge on any atom is -0.310 e. The largest absolute Gasteiger partial charge is 0.310 e. The van der Waals surface area contributed by atoms with Crippen molar-refractivity contribution in [3.8, 4) is 0 Å². The fraction of sp³-hybridized carbons (Fsp3) is 0.500. The van der Waals surface area contributed by atoms with Gasteiger partial charge >= 0.3 is 0 Å². The number of fused-ring (bicyclic) bond motifs is 1. The Hall–Kier alpha value is -1.61. The summed E-state index contributed by atoms with van der Waals surface area (Å²) < 4.78 is 1.98. The molecule has 0 amide bonds. The van der Waals surface area contributed by atoms with Gasteiger partial charge in [-0.2, -0.15) is 5.10 Å². The van der Waals surface area contributed by atoms with Crippen molar-refractivity contribution in [2.75, 3.05) is 6.54 Å². The van der Waals surface area contributed by atoms with Gasteiger partial charge in [0.2, 0.25) is 0 Å². The predicted molar refractivity (Wildman–Crippen MR) is 86.4 cm³/mol. The van der Waals surface area contributed by atoms with E-state index in [4.69, 9.17) is 0 Å². The standard InChI is InChI=1S/C18H25N3/c1-3-19-18(10-9-17-11-12-20-21(17)2)16-8-7-14-5-4-6-15(14)13-16/h7-8,11-13,18-19H,3-6,9-10H2,1-2H3. The number of hydrogen-bond acceptors (Lipinski definition) is 2. The van der Waals surface area contributed by atoms with Crippen molar-refractivity contribution in [2.45, 2.75) is 45.1 Å². The van der Waals surface area contributed by atoms with E-state index in [1.165, 1.54) is 30.5 Å². The molecule has 1 heterocycles. The molecule has 112 valence electrons. The lowest BCUT2D eigenvalue weighted by atomic mass is 9.97. The summed E-state index contributed by atoms with van der Waals surface area (Å²) in [6, 6.07) is 9.65. The van der Waals surface area contributed by atoms with Gasteiger partial charge in [-0.15, -0.1) is 0 Å². The molecule has 1 aliphatic rings. The Morgan fingerprint density at radius 3 is 2.86 bits per heavy atom. The van der Waals surface area contributed by atoms with Crippen molar-refractivity contribution in [1.82, 2.24) is 15.1 Å². The second-order valence-corrected chi connectivity index (χ2v) is 5.98. The molecule has 1 atom stereocenters. The topological polar surface area (TPSA) is 29.9 Å². The molecule has 2 aromatic rings. The molecule has 1 aliphatic carbocycles. The van der Waals surface area contributed by atoms with Crippen LogP contribution in [-0.4, -0.2) is 16.3 Å². The highest BCUT2D eigenvalue weighted by molar-refractivity contribution is 5.36. The Morgan fingerprint density at radius 1 is 1.24 bits per heavy atom. The third kappa shape index (κ3) is 3.18. The predicted octanol–water partition coefficient (Wildman–Crippen LogP) is 3.19. The summed E-state index contributed by atoms with van der Waals surface area (Å²) in [4.78, 5) is 0. The molecular formula is C18H25N3. The van der Waals surface area contributed by atoms with Crippen molar-refractivity contribution in [3.63, 3.8) is 0 Å². The Labute approximate surface area is 127 Å². The number of aryl methyl sites for hydroxylation is 4. The first kappa shape index (κ1) is 14.3. The van der Waals surface area contributed by atoms with E-state index in [9.17, 15) is 0 Å². The highest BCUT2D eigenvalue weighted by Gasteiger charge is 2.16. The van der Waals surface area contributed by atoms with Crippen molar-refractivity contribution in [3.05, 3.63) is 52.8 Å². The first-order valence-electron chi connectivity index (χ1n) is 8.10. The van der Waals surface area contributed by atoms with E-state index in [0.29, 0.717) is 6.04 Å². The molecule has 3 rings (SSSR count). The summed E-state index contributed by atoms with van der Waals surface area (Å²) in [5.74, 6) is 0. The maximum absolute atomic E-state index is 4.26. The van der Waals surface area contributed by atoms with Crippen LogP contribution in [0.3, 0.4) is 0 Å². The normalized spacial score (nSPS) is 15.1. The van der Waals surface area contributed by atoms with E-state index < -0.39 is 0 Å². The van der Waals surface area contributed by atoms with E-state index >= 15 is 0 Å². The van der Waals surface area contributed by atoms with Crippen LogP contribution < -0.4 is 5.32 Å². The molecule has 0 bridgehead atoms. The van der Waals surface area contributed by atoms with E-state index in [2.05, 4.69) is 41.6 Å². The first-order valence-corrected chi connectivity index (χ1v) is 8.10. The Balaban J connectivity index is 1.73. The number of nitrogens with zero attached hydrogens (tertiary/aromatic N) is 2. The van der Waals surface area contributed by atoms with Crippen molar-refractivity contribution >= 4 is 0 Å². The van der Waals surface area contributed by atoms with Crippen LogP contribution >= 0.6 is 0 Å². The average molecular weight is 283 g/mol. The van der Waals surface area contributed by atoms with E-state index in [1.54, 1.807) is 11.1 Å². The number of hydrogen-bond donors (Lipinski definition) is 1. The summed E-state index contributed by atoms with van der Waals surface area (Å²) in [5, 5.41) is 7.90. The van der Waals surface area contributed by atoms with Gasteiger partial charge in [0.15, 0.2) is 0 Å². The van der Waals surface area contributed by atoms with Crippen LogP contribution in [0.2, 0.25) is 0 Å². The van der Waals surface area contributed by atoms with E-state index in [0.717, 1.165) is 19.4 Å². The quantitative estimate of drug-likeness (QED) is 0.882. The molecule has 21 heavy (non-hydrogen) atoms. The molecule has 1 N–H and O–H groups in total. The molecule has 0 aliphatic heterocycles. The molecule has 0 radical (unpaired) electrons. The number of nitrogens with one attached hydrogen (secondary N) is 1. The minimum absolute atomic E-state index is 0.441. The van der Waals surface area contributed by atoms with Gasteiger partial charge in [-0.3, -0.25) is 4.68 Å². The Morgan fingerprint density at radius 2 is 2.10 bits per heavy atom. The van der Waals surface area contributed by atoms with Gasteiger partial charge in [0.05, 0.1) is 0 Å². The van der Waals surface area contributed by atoms with Crippen LogP contribution in [0, 0.1) is 0 Å². The van der Waals surface area contributed by atoms with Gasteiger partial charge in [-0.25, -0.2) is 0 Å². The van der Waals surface area contributed by atoms with Crippen LogP contribution in [0.25, 0.3) is 0 Å². The lowest BCUT2D eigenvalue weighted by Crippen LogP contribution is -2.22. The van der Waals surface area contributed by atoms with Gasteiger partial charge in [0.25, 0.3) is 0 Å². The van der Waals surface area contributed by atoms with Crippen molar-refractivity contribution in [1.29, 1.82) is 0 Å². The second kappa shape index (κ2) is 6.44. The molecule has 0 saturated carbocycles. The molecule has 0 saturated heterocycles. The van der Waals surface area contributed by atoms with Crippen molar-refractivity contribution < 1.29 is 0 Å². The molecule has 1 aromatic heterocycles. The lowest BCUT2D eigenvalue weighted by Gasteiger charge is -2.19. The van der Waals surface area contributed by atoms with Gasteiger partial charge < -0.3 is 5.32 Å².